The molecule has 1 fully saturated rings. The van der Waals surface area contributed by atoms with E-state index >= 15 is 0 Å². The van der Waals surface area contributed by atoms with Gasteiger partial charge in [-0.05, 0) is 37.1 Å². The van der Waals surface area contributed by atoms with Crippen LogP contribution >= 0.6 is 0 Å². The van der Waals surface area contributed by atoms with Crippen molar-refractivity contribution in [3.05, 3.63) is 42.7 Å². The van der Waals surface area contributed by atoms with Gasteiger partial charge in [0, 0.05) is 91.0 Å². The van der Waals surface area contributed by atoms with Crippen LogP contribution in [-0.4, -0.2) is 326 Å². The number of primary amides is 1. The van der Waals surface area contributed by atoms with Crippen LogP contribution in [0.5, 0.6) is 0 Å². The summed E-state index contributed by atoms with van der Waals surface area (Å²) in [5, 5.41) is 40.7. The Bertz CT molecular complexity index is 2360. The van der Waals surface area contributed by atoms with E-state index in [-0.39, 0.29) is 69.2 Å². The molecule has 1 saturated heterocycles. The number of nitrogens with two attached hydrogens (primary N) is 1. The van der Waals surface area contributed by atoms with Crippen LogP contribution < -0.4 is 16.4 Å². The number of ether oxygens (including phenoxy) is 11. The first kappa shape index (κ1) is 76.1. The van der Waals surface area contributed by atoms with Crippen molar-refractivity contribution in [2.24, 2.45) is 5.73 Å². The molecule has 0 atom stereocenters. The standard InChI is InChI=1S/C58H93N13O19/c59-52(73)44-68-13-15-69(16-18-71(47-56(78)79)20-19-70(17-14-68)46-55(76)77)45-54(75)61-12-22-81-24-26-83-28-30-85-32-34-87-36-38-89-40-42-90-41-39-88-37-35-86-33-31-84-29-27-82-25-23-80-21-4-6-49(72)5-3-8-53(74)63-48-9-10-51(62-43-48)58-66-64-57(65-67-58)50-7-1-2-11-60-50/h1-2,7,9-11,43H,3-6,8,12-42,44-47H2,(H2,59,73)(H,61,75)(H,63,74)(H,76,77)(H,78,79). The highest BCUT2D eigenvalue weighted by Gasteiger charge is 2.21. The first-order valence-corrected chi connectivity index (χ1v) is 30.4. The summed E-state index contributed by atoms with van der Waals surface area (Å²) >= 11 is 0. The second-order valence-corrected chi connectivity index (χ2v) is 20.2. The molecule has 0 unspecified atom stereocenters. The average Bonchev–Trinajstić information content (AvgIpc) is 3.73. The van der Waals surface area contributed by atoms with Crippen molar-refractivity contribution in [2.75, 3.05) is 236 Å². The van der Waals surface area contributed by atoms with E-state index in [0.29, 0.717) is 240 Å². The molecule has 1 aliphatic rings. The topological polar surface area (TPSA) is 385 Å². The Labute approximate surface area is 525 Å². The number of carbonyl (C=O) groups is 6. The highest BCUT2D eigenvalue weighted by molar-refractivity contribution is 5.91. The maximum Gasteiger partial charge on any atom is 0.317 e. The third-order valence-electron chi connectivity index (χ3n) is 12.9. The van der Waals surface area contributed by atoms with E-state index in [1.165, 1.54) is 6.20 Å². The summed E-state index contributed by atoms with van der Waals surface area (Å²) in [5.41, 5.74) is 6.98. The minimum absolute atomic E-state index is 0.0158. The first-order valence-electron chi connectivity index (χ1n) is 30.4. The monoisotopic (exact) mass is 1280 g/mol. The number of carboxylic acid groups (broad SMARTS) is 2. The number of ketones is 1. The van der Waals surface area contributed by atoms with E-state index in [1.54, 1.807) is 40.3 Å². The Morgan fingerprint density at radius 3 is 1.18 bits per heavy atom. The van der Waals surface area contributed by atoms with Crippen molar-refractivity contribution < 1.29 is 91.1 Å². The molecule has 6 N–H and O–H groups in total. The van der Waals surface area contributed by atoms with E-state index in [2.05, 4.69) is 41.0 Å². The number of carboxylic acids is 2. The van der Waals surface area contributed by atoms with Gasteiger partial charge in [0.2, 0.25) is 29.4 Å². The lowest BCUT2D eigenvalue weighted by Gasteiger charge is -2.33. The highest BCUT2D eigenvalue weighted by atomic mass is 16.6. The lowest BCUT2D eigenvalue weighted by atomic mass is 10.1. The number of anilines is 1. The van der Waals surface area contributed by atoms with Crippen LogP contribution in [-0.2, 0) is 80.9 Å². The van der Waals surface area contributed by atoms with Gasteiger partial charge in [-0.2, -0.15) is 0 Å². The average molecular weight is 1280 g/mol. The van der Waals surface area contributed by atoms with Crippen LogP contribution in [0.2, 0.25) is 0 Å². The largest absolute Gasteiger partial charge is 0.480 e. The second-order valence-electron chi connectivity index (χ2n) is 20.2. The van der Waals surface area contributed by atoms with Gasteiger partial charge in [0.05, 0.1) is 177 Å². The summed E-state index contributed by atoms with van der Waals surface area (Å²) in [6.45, 7) is 11.9. The molecule has 90 heavy (non-hydrogen) atoms. The zero-order valence-corrected chi connectivity index (χ0v) is 51.7. The fourth-order valence-electron chi connectivity index (χ4n) is 8.33. The van der Waals surface area contributed by atoms with Crippen LogP contribution in [0.15, 0.2) is 42.7 Å². The van der Waals surface area contributed by atoms with Gasteiger partial charge in [-0.3, -0.25) is 58.3 Å². The van der Waals surface area contributed by atoms with Gasteiger partial charge in [-0.25, -0.2) is 0 Å². The molecule has 504 valence electrons. The van der Waals surface area contributed by atoms with E-state index in [4.69, 9.17) is 57.8 Å². The van der Waals surface area contributed by atoms with Gasteiger partial charge < -0.3 is 78.7 Å². The summed E-state index contributed by atoms with van der Waals surface area (Å²) < 4.78 is 60.9. The van der Waals surface area contributed by atoms with Gasteiger partial charge in [0.25, 0.3) is 0 Å². The maximum atomic E-state index is 12.8. The Morgan fingerprint density at radius 2 is 0.800 bits per heavy atom. The fourth-order valence-corrected chi connectivity index (χ4v) is 8.33. The van der Waals surface area contributed by atoms with E-state index in [1.807, 2.05) is 15.9 Å². The molecule has 4 rings (SSSR count). The van der Waals surface area contributed by atoms with E-state index in [0.717, 1.165) is 0 Å². The third-order valence-corrected chi connectivity index (χ3v) is 12.9. The van der Waals surface area contributed by atoms with Crippen molar-refractivity contribution in [3.63, 3.8) is 0 Å². The summed E-state index contributed by atoms with van der Waals surface area (Å²) in [6, 6.07) is 8.72. The van der Waals surface area contributed by atoms with Crippen molar-refractivity contribution in [1.29, 1.82) is 0 Å². The molecule has 0 aliphatic carbocycles. The molecule has 3 amide bonds. The smallest absolute Gasteiger partial charge is 0.317 e. The zero-order valence-electron chi connectivity index (χ0n) is 51.7. The predicted molar refractivity (Wildman–Crippen MR) is 323 cm³/mol. The van der Waals surface area contributed by atoms with Crippen LogP contribution in [0.3, 0.4) is 0 Å². The number of hydrogen-bond donors (Lipinski definition) is 5. The lowest BCUT2D eigenvalue weighted by molar-refractivity contribution is -0.140. The summed E-state index contributed by atoms with van der Waals surface area (Å²) in [7, 11) is 0. The number of aromatic nitrogens is 6. The van der Waals surface area contributed by atoms with Crippen molar-refractivity contribution in [3.8, 4) is 23.0 Å². The molecule has 32 heteroatoms. The maximum absolute atomic E-state index is 12.8. The summed E-state index contributed by atoms with van der Waals surface area (Å²) in [4.78, 5) is 87.9. The number of amides is 3. The molecule has 0 bridgehead atoms. The number of carbonyl (C=O) groups excluding carboxylic acids is 4. The number of hydrogen-bond acceptors (Lipinski definition) is 27. The molecule has 0 aromatic carbocycles. The number of rotatable bonds is 52. The fraction of sp³-hybridized carbons (Fsp3) is 0.690. The number of aliphatic carboxylic acids is 2. The van der Waals surface area contributed by atoms with E-state index in [9.17, 15) is 39.0 Å². The van der Waals surface area contributed by atoms with Crippen LogP contribution in [0.1, 0.15) is 32.1 Å². The molecular weight excluding hydrogens is 1180 g/mol. The van der Waals surface area contributed by atoms with Crippen molar-refractivity contribution >= 4 is 41.1 Å². The SMILES string of the molecule is NC(=O)CN1CCN(CC(=O)O)CCN(CC(=O)O)CCN(CC(=O)NCCOCCOCCOCCOCCOCCOCCOCCOCCOCCOCCOCCCC(=O)CCCC(=O)Nc2ccc(-c3nnc(-c4ccccn4)nn3)nc2)CC1. The minimum Gasteiger partial charge on any atom is -0.480 e. The summed E-state index contributed by atoms with van der Waals surface area (Å²) in [6.07, 6.45) is 5.07. The normalized spacial score (nSPS) is 14.0. The Morgan fingerprint density at radius 1 is 0.422 bits per heavy atom. The molecule has 1 aliphatic heterocycles. The number of nitrogens with one attached hydrogen (secondary N) is 2. The van der Waals surface area contributed by atoms with E-state index < -0.39 is 17.8 Å². The number of Topliss-reactive ketones (excluding diaryl/α,β-unsaturated/α-hetero) is 1. The molecule has 3 aromatic heterocycles. The van der Waals surface area contributed by atoms with Crippen LogP contribution in [0.25, 0.3) is 23.0 Å². The molecule has 0 saturated carbocycles. The van der Waals surface area contributed by atoms with Crippen LogP contribution in [0, 0.1) is 0 Å². The second kappa shape index (κ2) is 50.3. The van der Waals surface area contributed by atoms with Gasteiger partial charge in [0.15, 0.2) is 0 Å². The number of pyridine rings is 2. The Hall–Kier alpha value is -6.34. The molecule has 0 radical (unpaired) electrons. The predicted octanol–water partition coefficient (Wildman–Crippen LogP) is -0.976. The molecule has 0 spiro atoms. The van der Waals surface area contributed by atoms with Gasteiger partial charge in [-0.1, -0.05) is 6.07 Å². The quantitative estimate of drug-likeness (QED) is 0.0424. The summed E-state index contributed by atoms with van der Waals surface area (Å²) in [5.74, 6) is -2.34. The lowest BCUT2D eigenvalue weighted by Crippen LogP contribution is -2.50. The minimum atomic E-state index is -1.00. The number of nitrogens with zero attached hydrogens (tertiary/aromatic N) is 10. The first-order chi connectivity index (χ1) is 43.9. The van der Waals surface area contributed by atoms with Crippen LogP contribution in [0.4, 0.5) is 5.69 Å². The third kappa shape index (κ3) is 39.7. The Balaban J connectivity index is 0.808. The molecule has 3 aromatic rings. The Kier molecular flexibility index (Phi) is 42.6. The van der Waals surface area contributed by atoms with Crippen molar-refractivity contribution in [1.82, 2.24) is 55.3 Å². The van der Waals surface area contributed by atoms with Gasteiger partial charge in [0.1, 0.15) is 17.2 Å². The zero-order chi connectivity index (χ0) is 64.3. The molecular formula is C58H93N13O19. The van der Waals surface area contributed by atoms with Gasteiger partial charge >= 0.3 is 11.9 Å². The van der Waals surface area contributed by atoms with Crippen molar-refractivity contribution in [2.45, 2.75) is 32.1 Å². The molecule has 4 heterocycles. The van der Waals surface area contributed by atoms with Gasteiger partial charge in [-0.15, -0.1) is 20.4 Å². The molecule has 32 nitrogen and oxygen atoms in total. The highest BCUT2D eigenvalue weighted by Crippen LogP contribution is 2.16.